The van der Waals surface area contributed by atoms with E-state index in [2.05, 4.69) is 10.4 Å². The average Bonchev–Trinajstić information content (AvgIpc) is 2.59. The van der Waals surface area contributed by atoms with Crippen molar-refractivity contribution >= 4 is 22.5 Å². The normalized spacial score (nSPS) is 10.9. The van der Waals surface area contributed by atoms with Gasteiger partial charge in [0.15, 0.2) is 5.69 Å². The highest BCUT2D eigenvalue weighted by Gasteiger charge is 2.18. The second kappa shape index (κ2) is 6.47. The van der Waals surface area contributed by atoms with Crippen LogP contribution < -0.4 is 10.7 Å². The maximum Gasteiger partial charge on any atom is 0.280 e. The van der Waals surface area contributed by atoms with E-state index in [-0.39, 0.29) is 11.1 Å². The molecule has 0 fully saturated rings. The Kier molecular flexibility index (Phi) is 4.35. The number of rotatable bonds is 3. The number of aryl methyl sites for hydroxylation is 3. The first-order chi connectivity index (χ1) is 11.9. The van der Waals surface area contributed by atoms with Crippen LogP contribution in [0.25, 0.3) is 10.9 Å². The Balaban J connectivity index is 2.08. The van der Waals surface area contributed by atoms with E-state index in [1.54, 1.807) is 6.07 Å². The third kappa shape index (κ3) is 3.15. The Morgan fingerprint density at radius 2 is 1.92 bits per heavy atom. The molecule has 1 heterocycles. The van der Waals surface area contributed by atoms with E-state index < -0.39 is 17.2 Å². The van der Waals surface area contributed by atoms with Gasteiger partial charge in [-0.3, -0.25) is 14.3 Å². The van der Waals surface area contributed by atoms with Gasteiger partial charge in [0.05, 0.1) is 10.9 Å². The predicted octanol–water partition coefficient (Wildman–Crippen LogP) is 3.42. The zero-order valence-corrected chi connectivity index (χ0v) is 14.3. The minimum absolute atomic E-state index is 0.141. The van der Waals surface area contributed by atoms with Crippen LogP contribution in [0, 0.1) is 19.7 Å². The van der Waals surface area contributed by atoms with Crippen LogP contribution >= 0.6 is 0 Å². The van der Waals surface area contributed by atoms with Gasteiger partial charge in [-0.1, -0.05) is 6.07 Å². The number of halogens is 1. The molecule has 0 aliphatic carbocycles. The van der Waals surface area contributed by atoms with Crippen molar-refractivity contribution in [3.05, 3.63) is 69.3 Å². The molecule has 3 rings (SSSR count). The number of benzene rings is 2. The Morgan fingerprint density at radius 1 is 1.16 bits per heavy atom. The lowest BCUT2D eigenvalue weighted by molar-refractivity contribution is 0.101. The molecule has 6 heteroatoms. The fourth-order valence-electron chi connectivity index (χ4n) is 2.66. The van der Waals surface area contributed by atoms with Crippen LogP contribution in [0.3, 0.4) is 0 Å². The van der Waals surface area contributed by atoms with Crippen LogP contribution in [-0.4, -0.2) is 15.7 Å². The van der Waals surface area contributed by atoms with Crippen LogP contribution in [0.4, 0.5) is 10.1 Å². The minimum atomic E-state index is -0.610. The molecule has 0 radical (unpaired) electrons. The van der Waals surface area contributed by atoms with E-state index >= 15 is 0 Å². The summed E-state index contributed by atoms with van der Waals surface area (Å²) in [5.41, 5.74) is 2.37. The summed E-state index contributed by atoms with van der Waals surface area (Å²) < 4.78 is 15.1. The van der Waals surface area contributed by atoms with Crippen molar-refractivity contribution in [2.24, 2.45) is 0 Å². The molecule has 2 aromatic carbocycles. The largest absolute Gasteiger partial charge is 0.320 e. The van der Waals surface area contributed by atoms with Crippen molar-refractivity contribution in [3.63, 3.8) is 0 Å². The van der Waals surface area contributed by atoms with Gasteiger partial charge >= 0.3 is 0 Å². The highest BCUT2D eigenvalue weighted by Crippen LogP contribution is 2.16. The summed E-state index contributed by atoms with van der Waals surface area (Å²) >= 11 is 0. The number of carbonyl (C=O) groups excluding carboxylic acids is 1. The molecule has 0 saturated heterocycles. The number of hydrogen-bond donors (Lipinski definition) is 1. The molecule has 5 nitrogen and oxygen atoms in total. The van der Waals surface area contributed by atoms with Crippen LogP contribution in [0.5, 0.6) is 0 Å². The quantitative estimate of drug-likeness (QED) is 0.795. The molecular weight excluding hydrogens is 321 g/mol. The first-order valence-corrected chi connectivity index (χ1v) is 7.99. The van der Waals surface area contributed by atoms with Gasteiger partial charge in [0, 0.05) is 12.2 Å². The molecule has 1 aromatic heterocycles. The van der Waals surface area contributed by atoms with Crippen molar-refractivity contribution in [2.45, 2.75) is 27.3 Å². The maximum absolute atomic E-state index is 13.5. The first kappa shape index (κ1) is 16.8. The molecule has 0 aliphatic heterocycles. The molecule has 128 valence electrons. The molecule has 1 N–H and O–H groups in total. The number of aromatic nitrogens is 2. The van der Waals surface area contributed by atoms with E-state index in [1.165, 1.54) is 16.8 Å². The lowest BCUT2D eigenvalue weighted by atomic mass is 10.1. The number of fused-ring (bicyclic) bond motifs is 1. The highest BCUT2D eigenvalue weighted by atomic mass is 19.1. The van der Waals surface area contributed by atoms with Crippen molar-refractivity contribution in [3.8, 4) is 0 Å². The maximum atomic E-state index is 13.5. The van der Waals surface area contributed by atoms with Crippen molar-refractivity contribution < 1.29 is 9.18 Å². The van der Waals surface area contributed by atoms with Gasteiger partial charge in [0.25, 0.3) is 5.91 Å². The number of nitrogens with one attached hydrogen (secondary N) is 1. The summed E-state index contributed by atoms with van der Waals surface area (Å²) in [4.78, 5) is 25.1. The molecule has 3 aromatic rings. The third-order valence-corrected chi connectivity index (χ3v) is 4.20. The molecular formula is C19H18FN3O2. The number of amides is 1. The predicted molar refractivity (Wildman–Crippen MR) is 95.5 cm³/mol. The molecule has 0 unspecified atom stereocenters. The molecule has 0 saturated carbocycles. The Morgan fingerprint density at radius 3 is 2.60 bits per heavy atom. The number of anilines is 1. The van der Waals surface area contributed by atoms with Gasteiger partial charge in [-0.25, -0.2) is 4.39 Å². The zero-order chi connectivity index (χ0) is 18.1. The Hall–Kier alpha value is -3.02. The van der Waals surface area contributed by atoms with Gasteiger partial charge < -0.3 is 5.32 Å². The fraction of sp³-hybridized carbons (Fsp3) is 0.211. The molecule has 0 atom stereocenters. The summed E-state index contributed by atoms with van der Waals surface area (Å²) in [7, 11) is 0. The molecule has 0 aliphatic rings. The van der Waals surface area contributed by atoms with Gasteiger partial charge in [0.2, 0.25) is 5.43 Å². The van der Waals surface area contributed by atoms with E-state index in [1.807, 2.05) is 32.9 Å². The fourth-order valence-corrected chi connectivity index (χ4v) is 2.66. The van der Waals surface area contributed by atoms with E-state index in [0.29, 0.717) is 17.7 Å². The smallest absolute Gasteiger partial charge is 0.280 e. The van der Waals surface area contributed by atoms with E-state index in [0.717, 1.165) is 17.2 Å². The van der Waals surface area contributed by atoms with E-state index in [9.17, 15) is 14.0 Å². The third-order valence-electron chi connectivity index (χ3n) is 4.20. The van der Waals surface area contributed by atoms with Crippen molar-refractivity contribution in [2.75, 3.05) is 5.32 Å². The topological polar surface area (TPSA) is 64.0 Å². The number of nitrogens with zero attached hydrogens (tertiary/aromatic N) is 2. The zero-order valence-electron chi connectivity index (χ0n) is 14.3. The molecule has 0 bridgehead atoms. The highest BCUT2D eigenvalue weighted by molar-refractivity contribution is 6.04. The Bertz CT molecular complexity index is 1040. The van der Waals surface area contributed by atoms with Gasteiger partial charge in [-0.15, -0.1) is 0 Å². The number of carbonyl (C=O) groups is 1. The van der Waals surface area contributed by atoms with Crippen LogP contribution in [0.15, 0.2) is 41.2 Å². The standard InChI is InChI=1S/C19H18FN3O2/c1-4-23-16-8-6-13(20)10-15(16)18(24)17(22-23)19(25)21-14-7-5-11(2)12(3)9-14/h5-10H,4H2,1-3H3,(H,21,25). The van der Waals surface area contributed by atoms with Crippen LogP contribution in [0.1, 0.15) is 28.5 Å². The SMILES string of the molecule is CCn1nc(C(=O)Nc2ccc(C)c(C)c2)c(=O)c2cc(F)ccc21. The lowest BCUT2D eigenvalue weighted by Gasteiger charge is -2.11. The molecule has 1 amide bonds. The molecule has 25 heavy (non-hydrogen) atoms. The number of hydrogen-bond acceptors (Lipinski definition) is 3. The second-order valence-corrected chi connectivity index (χ2v) is 5.91. The summed E-state index contributed by atoms with van der Waals surface area (Å²) in [6.07, 6.45) is 0. The monoisotopic (exact) mass is 339 g/mol. The summed E-state index contributed by atoms with van der Waals surface area (Å²) in [5.74, 6) is -1.14. The molecule has 0 spiro atoms. The first-order valence-electron chi connectivity index (χ1n) is 7.99. The van der Waals surface area contributed by atoms with Crippen molar-refractivity contribution in [1.29, 1.82) is 0 Å². The lowest BCUT2D eigenvalue weighted by Crippen LogP contribution is -2.27. The summed E-state index contributed by atoms with van der Waals surface area (Å²) in [6, 6.07) is 9.38. The van der Waals surface area contributed by atoms with Gasteiger partial charge in [-0.2, -0.15) is 5.10 Å². The van der Waals surface area contributed by atoms with Crippen LogP contribution in [0.2, 0.25) is 0 Å². The van der Waals surface area contributed by atoms with Gasteiger partial charge in [-0.05, 0) is 62.2 Å². The average molecular weight is 339 g/mol. The summed E-state index contributed by atoms with van der Waals surface area (Å²) in [6.45, 7) is 6.20. The van der Waals surface area contributed by atoms with Crippen LogP contribution in [-0.2, 0) is 6.54 Å². The van der Waals surface area contributed by atoms with Gasteiger partial charge in [0.1, 0.15) is 5.82 Å². The second-order valence-electron chi connectivity index (χ2n) is 5.91. The van der Waals surface area contributed by atoms with E-state index in [4.69, 9.17) is 0 Å². The van der Waals surface area contributed by atoms with Crippen molar-refractivity contribution in [1.82, 2.24) is 9.78 Å². The Labute approximate surface area is 144 Å². The summed E-state index contributed by atoms with van der Waals surface area (Å²) in [5, 5.41) is 6.98. The minimum Gasteiger partial charge on any atom is -0.320 e.